The highest BCUT2D eigenvalue weighted by atomic mass is 35.7. The van der Waals surface area contributed by atoms with Crippen LogP contribution in [0.1, 0.15) is 42.0 Å². The summed E-state index contributed by atoms with van der Waals surface area (Å²) in [6.45, 7) is 1.76. The molecule has 1 aliphatic rings. The lowest BCUT2D eigenvalue weighted by Gasteiger charge is -2.24. The number of carbonyl (C=O) groups is 1. The minimum Gasteiger partial charge on any atom is -0.460 e. The molecule has 19 heavy (non-hydrogen) atoms. The lowest BCUT2D eigenvalue weighted by molar-refractivity contribution is 0.0427. The summed E-state index contributed by atoms with van der Waals surface area (Å²) < 4.78 is 32.5. The van der Waals surface area contributed by atoms with Gasteiger partial charge in [-0.2, -0.15) is 0 Å². The number of ether oxygens (including phenoxy) is 1. The third kappa shape index (κ3) is 3.51. The van der Waals surface area contributed by atoms with Crippen LogP contribution in [0.3, 0.4) is 0 Å². The van der Waals surface area contributed by atoms with Gasteiger partial charge in [0.25, 0.3) is 9.05 Å². The van der Waals surface area contributed by atoms with Crippen LogP contribution in [0.2, 0.25) is 0 Å². The number of rotatable bonds is 5. The Labute approximate surface area is 116 Å². The number of furan rings is 1. The summed E-state index contributed by atoms with van der Waals surface area (Å²) >= 11 is 0. The fourth-order valence-corrected chi connectivity index (χ4v) is 3.07. The van der Waals surface area contributed by atoms with Crippen LogP contribution in [0, 0.1) is 12.8 Å². The van der Waals surface area contributed by atoms with Crippen LogP contribution in [-0.4, -0.2) is 21.0 Å². The van der Waals surface area contributed by atoms with Gasteiger partial charge in [0.2, 0.25) is 5.76 Å². The molecule has 0 aromatic carbocycles. The van der Waals surface area contributed by atoms with Crippen molar-refractivity contribution in [1.82, 2.24) is 0 Å². The Morgan fingerprint density at radius 3 is 2.68 bits per heavy atom. The van der Waals surface area contributed by atoms with Crippen LogP contribution in [0.25, 0.3) is 0 Å². The highest BCUT2D eigenvalue weighted by Crippen LogP contribution is 2.29. The molecule has 1 aromatic heterocycles. The van der Waals surface area contributed by atoms with E-state index in [1.54, 1.807) is 0 Å². The summed E-state index contributed by atoms with van der Waals surface area (Å²) in [5.41, 5.74) is 0. The minimum atomic E-state index is -3.90. The average molecular weight is 307 g/mol. The molecule has 0 saturated heterocycles. The zero-order valence-corrected chi connectivity index (χ0v) is 12.1. The normalized spacial score (nSPS) is 16.1. The first-order chi connectivity index (χ1) is 8.88. The molecule has 1 fully saturated rings. The van der Waals surface area contributed by atoms with Crippen LogP contribution in [-0.2, 0) is 13.8 Å². The maximum absolute atomic E-state index is 11.7. The molecule has 0 atom stereocenters. The zero-order valence-electron chi connectivity index (χ0n) is 10.5. The summed E-state index contributed by atoms with van der Waals surface area (Å²) in [6.07, 6.45) is 4.46. The maximum Gasteiger partial charge on any atom is 0.374 e. The van der Waals surface area contributed by atoms with Crippen molar-refractivity contribution in [2.75, 3.05) is 6.61 Å². The van der Waals surface area contributed by atoms with Gasteiger partial charge in [0.1, 0.15) is 10.7 Å². The number of hydrogen-bond acceptors (Lipinski definition) is 5. The molecule has 0 spiro atoms. The van der Waals surface area contributed by atoms with Gasteiger partial charge < -0.3 is 9.15 Å². The van der Waals surface area contributed by atoms with Gasteiger partial charge in [0.15, 0.2) is 0 Å². The van der Waals surface area contributed by atoms with E-state index >= 15 is 0 Å². The Bertz CT molecular complexity index is 571. The first-order valence-electron chi connectivity index (χ1n) is 6.10. The van der Waals surface area contributed by atoms with Gasteiger partial charge in [-0.3, -0.25) is 0 Å². The number of carbonyl (C=O) groups excluding carboxylic acids is 1. The lowest BCUT2D eigenvalue weighted by atomic mass is 9.83. The molecule has 0 N–H and O–H groups in total. The van der Waals surface area contributed by atoms with E-state index in [1.807, 2.05) is 0 Å². The van der Waals surface area contributed by atoms with E-state index in [0.717, 1.165) is 12.5 Å². The van der Waals surface area contributed by atoms with Crippen LogP contribution in [0.4, 0.5) is 0 Å². The lowest BCUT2D eigenvalue weighted by Crippen LogP contribution is -2.15. The molecule has 1 aromatic rings. The first kappa shape index (κ1) is 14.4. The van der Waals surface area contributed by atoms with Crippen LogP contribution in [0.5, 0.6) is 0 Å². The molecule has 2 rings (SSSR count). The quantitative estimate of drug-likeness (QED) is 0.617. The topological polar surface area (TPSA) is 73.6 Å². The first-order valence-corrected chi connectivity index (χ1v) is 8.41. The molecule has 1 saturated carbocycles. The van der Waals surface area contributed by atoms with Crippen LogP contribution >= 0.6 is 10.7 Å². The second-order valence-electron chi connectivity index (χ2n) is 4.69. The Hall–Kier alpha value is -1.01. The second-order valence-corrected chi connectivity index (χ2v) is 7.22. The van der Waals surface area contributed by atoms with Gasteiger partial charge in [-0.15, -0.1) is 0 Å². The molecule has 1 aliphatic carbocycles. The van der Waals surface area contributed by atoms with E-state index in [2.05, 4.69) is 0 Å². The number of esters is 1. The van der Waals surface area contributed by atoms with Gasteiger partial charge in [-0.25, -0.2) is 13.2 Å². The Kier molecular flexibility index (Phi) is 4.20. The van der Waals surface area contributed by atoms with Crippen molar-refractivity contribution in [2.24, 2.45) is 5.92 Å². The predicted molar refractivity (Wildman–Crippen MR) is 68.7 cm³/mol. The van der Waals surface area contributed by atoms with Crippen molar-refractivity contribution >= 4 is 25.7 Å². The van der Waals surface area contributed by atoms with Crippen molar-refractivity contribution in [3.05, 3.63) is 17.6 Å². The minimum absolute atomic E-state index is 0.0842. The largest absolute Gasteiger partial charge is 0.460 e. The summed E-state index contributed by atoms with van der Waals surface area (Å²) in [5, 5.41) is 0. The van der Waals surface area contributed by atoms with Gasteiger partial charge in [0.05, 0.1) is 6.61 Å². The monoisotopic (exact) mass is 306 g/mol. The third-order valence-corrected chi connectivity index (χ3v) is 4.75. The Morgan fingerprint density at radius 1 is 1.53 bits per heavy atom. The molecule has 7 heteroatoms. The molecule has 0 amide bonds. The standard InChI is InChI=1S/C12H15ClO5S/c1-8-11(19(13,15)16)7-10(18-8)12(14)17-6-5-9-3-2-4-9/h7,9H,2-6H2,1H3. The summed E-state index contributed by atoms with van der Waals surface area (Å²) in [6, 6.07) is 1.10. The Balaban J connectivity index is 1.95. The van der Waals surface area contributed by atoms with Crippen LogP contribution in [0.15, 0.2) is 15.4 Å². The molecule has 0 unspecified atom stereocenters. The van der Waals surface area contributed by atoms with Gasteiger partial charge in [-0.05, 0) is 19.3 Å². The van der Waals surface area contributed by atoms with Crippen molar-refractivity contribution in [2.45, 2.75) is 37.5 Å². The van der Waals surface area contributed by atoms with Gasteiger partial charge >= 0.3 is 5.97 Å². The predicted octanol–water partition coefficient (Wildman–Crippen LogP) is 2.86. The fourth-order valence-electron chi connectivity index (χ4n) is 1.98. The molecule has 0 bridgehead atoms. The van der Waals surface area contributed by atoms with Gasteiger partial charge in [-0.1, -0.05) is 19.3 Å². The van der Waals surface area contributed by atoms with Crippen molar-refractivity contribution in [1.29, 1.82) is 0 Å². The number of hydrogen-bond donors (Lipinski definition) is 0. The number of halogens is 1. The zero-order chi connectivity index (χ0) is 14.0. The van der Waals surface area contributed by atoms with E-state index in [4.69, 9.17) is 19.8 Å². The van der Waals surface area contributed by atoms with E-state index < -0.39 is 15.0 Å². The number of aryl methyl sites for hydroxylation is 1. The second kappa shape index (κ2) is 5.54. The molecule has 106 valence electrons. The summed E-state index contributed by atoms with van der Waals surface area (Å²) in [4.78, 5) is 11.5. The summed E-state index contributed by atoms with van der Waals surface area (Å²) in [7, 11) is 1.31. The SMILES string of the molecule is Cc1oc(C(=O)OCCC2CCC2)cc1S(=O)(=O)Cl. The van der Waals surface area contributed by atoms with Gasteiger partial charge in [0, 0.05) is 16.7 Å². The average Bonchev–Trinajstić information content (AvgIpc) is 2.63. The third-order valence-electron chi connectivity index (χ3n) is 3.32. The van der Waals surface area contributed by atoms with Crippen molar-refractivity contribution in [3.8, 4) is 0 Å². The molecule has 0 aliphatic heterocycles. The van der Waals surface area contributed by atoms with Crippen molar-refractivity contribution < 1.29 is 22.4 Å². The van der Waals surface area contributed by atoms with Crippen LogP contribution < -0.4 is 0 Å². The Morgan fingerprint density at radius 2 is 2.21 bits per heavy atom. The van der Waals surface area contributed by atoms with E-state index in [0.29, 0.717) is 12.5 Å². The van der Waals surface area contributed by atoms with E-state index in [-0.39, 0.29) is 16.4 Å². The molecule has 0 radical (unpaired) electrons. The molecular weight excluding hydrogens is 292 g/mol. The molecule has 5 nitrogen and oxygen atoms in total. The molecule has 1 heterocycles. The fraction of sp³-hybridized carbons (Fsp3) is 0.583. The van der Waals surface area contributed by atoms with E-state index in [9.17, 15) is 13.2 Å². The molecular formula is C12H15ClO5S. The van der Waals surface area contributed by atoms with Crippen molar-refractivity contribution in [3.63, 3.8) is 0 Å². The van der Waals surface area contributed by atoms with E-state index in [1.165, 1.54) is 26.2 Å². The smallest absolute Gasteiger partial charge is 0.374 e. The highest BCUT2D eigenvalue weighted by molar-refractivity contribution is 8.13. The summed E-state index contributed by atoms with van der Waals surface area (Å²) in [5.74, 6) is -0.0646. The highest BCUT2D eigenvalue weighted by Gasteiger charge is 2.23. The maximum atomic E-state index is 11.7.